The molecule has 2 unspecified atom stereocenters. The third-order valence-electron chi connectivity index (χ3n) is 5.05. The molecule has 6 heteroatoms. The van der Waals surface area contributed by atoms with Crippen LogP contribution >= 0.6 is 36.4 Å². The molecule has 3 rings (SSSR count). The lowest BCUT2D eigenvalue weighted by molar-refractivity contribution is -0.0621. The Kier molecular flexibility index (Phi) is 7.96. The second-order valence-corrected chi connectivity index (χ2v) is 7.17. The van der Waals surface area contributed by atoms with Crippen LogP contribution in [0.15, 0.2) is 24.3 Å². The van der Waals surface area contributed by atoms with Gasteiger partial charge < -0.3 is 14.5 Å². The van der Waals surface area contributed by atoms with Crippen molar-refractivity contribution in [1.82, 2.24) is 9.80 Å². The topological polar surface area (TPSA) is 15.7 Å². The first-order chi connectivity index (χ1) is 10.1. The van der Waals surface area contributed by atoms with E-state index in [1.165, 1.54) is 12.8 Å². The lowest BCUT2D eigenvalue weighted by Crippen LogP contribution is -2.60. The molecule has 0 N–H and O–H groups in total. The molecule has 1 saturated carbocycles. The maximum atomic E-state index is 6.40. The van der Waals surface area contributed by atoms with E-state index in [0.717, 1.165) is 23.9 Å². The summed E-state index contributed by atoms with van der Waals surface area (Å²) in [4.78, 5) is 4.82. The van der Waals surface area contributed by atoms with Crippen molar-refractivity contribution in [3.05, 3.63) is 29.3 Å². The van der Waals surface area contributed by atoms with Crippen LogP contribution in [0.3, 0.4) is 0 Å². The molecule has 1 aromatic rings. The predicted octanol–water partition coefficient (Wildman–Crippen LogP) is 3.83. The van der Waals surface area contributed by atoms with Crippen LogP contribution in [-0.4, -0.2) is 56.2 Å². The zero-order valence-corrected chi connectivity index (χ0v) is 16.3. The van der Waals surface area contributed by atoms with Crippen molar-refractivity contribution in [2.24, 2.45) is 11.8 Å². The zero-order chi connectivity index (χ0) is 15.0. The molecule has 23 heavy (non-hydrogen) atoms. The highest BCUT2D eigenvalue weighted by Gasteiger charge is 2.45. The van der Waals surface area contributed by atoms with Gasteiger partial charge in [-0.1, -0.05) is 23.7 Å². The summed E-state index contributed by atoms with van der Waals surface area (Å²) in [7, 11) is 6.60. The largest absolute Gasteiger partial charge is 0.488 e. The number of para-hydroxylation sites is 1. The van der Waals surface area contributed by atoms with Gasteiger partial charge in [0.25, 0.3) is 0 Å². The van der Waals surface area contributed by atoms with Gasteiger partial charge in [0.05, 0.1) is 5.02 Å². The first-order valence-corrected chi connectivity index (χ1v) is 8.20. The monoisotopic (exact) mass is 380 g/mol. The summed E-state index contributed by atoms with van der Waals surface area (Å²) in [5.74, 6) is 2.00. The van der Waals surface area contributed by atoms with Crippen LogP contribution in [0, 0.1) is 11.8 Å². The Labute approximate surface area is 157 Å². The van der Waals surface area contributed by atoms with Gasteiger partial charge in [0.1, 0.15) is 11.9 Å². The quantitative estimate of drug-likeness (QED) is 0.791. The first-order valence-electron chi connectivity index (χ1n) is 7.82. The lowest BCUT2D eigenvalue weighted by Gasteiger charge is -2.51. The van der Waals surface area contributed by atoms with Crippen LogP contribution < -0.4 is 4.74 Å². The van der Waals surface area contributed by atoms with E-state index in [-0.39, 0.29) is 30.9 Å². The standard InChI is InChI=1S/C17H25ClN2O.2ClH/c1-19(2)15-9-8-12-10-20(3)11-13(15)17(12)21-16-7-5-4-6-14(16)18;;/h4-7,12-13,15,17H,8-11H2,1-3H3;2*1H/t12?,13?,15-,17-;;/m1../s1. The molecule has 0 spiro atoms. The molecule has 132 valence electrons. The van der Waals surface area contributed by atoms with E-state index < -0.39 is 0 Å². The van der Waals surface area contributed by atoms with Gasteiger partial charge in [-0.3, -0.25) is 0 Å². The summed E-state index contributed by atoms with van der Waals surface area (Å²) in [6.07, 6.45) is 2.79. The average Bonchev–Trinajstić information content (AvgIpc) is 2.42. The molecule has 2 aliphatic rings. The van der Waals surface area contributed by atoms with Crippen molar-refractivity contribution >= 4 is 36.4 Å². The summed E-state index contributed by atoms with van der Waals surface area (Å²) < 4.78 is 6.40. The van der Waals surface area contributed by atoms with Crippen LogP contribution in [0.4, 0.5) is 0 Å². The molecule has 3 nitrogen and oxygen atoms in total. The second-order valence-electron chi connectivity index (χ2n) is 6.77. The fourth-order valence-corrected chi connectivity index (χ4v) is 4.28. The number of benzene rings is 1. The summed E-state index contributed by atoms with van der Waals surface area (Å²) in [5, 5.41) is 0.718. The lowest BCUT2D eigenvalue weighted by atomic mass is 9.72. The Morgan fingerprint density at radius 3 is 2.48 bits per heavy atom. The Morgan fingerprint density at radius 1 is 1.13 bits per heavy atom. The maximum absolute atomic E-state index is 6.40. The maximum Gasteiger partial charge on any atom is 0.138 e. The van der Waals surface area contributed by atoms with E-state index in [1.54, 1.807) is 0 Å². The number of hydrogen-bond donors (Lipinski definition) is 0. The zero-order valence-electron chi connectivity index (χ0n) is 13.9. The summed E-state index contributed by atoms with van der Waals surface area (Å²) in [6, 6.07) is 8.44. The molecule has 1 aliphatic carbocycles. The van der Waals surface area contributed by atoms with Crippen molar-refractivity contribution < 1.29 is 4.74 Å². The predicted molar refractivity (Wildman–Crippen MR) is 102 cm³/mol. The Balaban J connectivity index is 0.00000132. The summed E-state index contributed by atoms with van der Waals surface area (Å²) in [5.41, 5.74) is 0. The minimum Gasteiger partial charge on any atom is -0.488 e. The molecule has 1 aromatic carbocycles. The minimum atomic E-state index is 0. The highest BCUT2D eigenvalue weighted by atomic mass is 35.5. The molecule has 2 fully saturated rings. The number of fused-ring (bicyclic) bond motifs is 2. The fourth-order valence-electron chi connectivity index (χ4n) is 4.10. The van der Waals surface area contributed by atoms with E-state index in [0.29, 0.717) is 17.9 Å². The van der Waals surface area contributed by atoms with Gasteiger partial charge in [0.15, 0.2) is 0 Å². The van der Waals surface area contributed by atoms with Gasteiger partial charge in [-0.2, -0.15) is 0 Å². The second kappa shape index (κ2) is 8.77. The van der Waals surface area contributed by atoms with E-state index in [9.17, 15) is 0 Å². The molecule has 1 heterocycles. The van der Waals surface area contributed by atoms with Crippen LogP contribution in [0.25, 0.3) is 0 Å². The first kappa shape index (κ1) is 20.9. The van der Waals surface area contributed by atoms with Gasteiger partial charge in [-0.15, -0.1) is 24.8 Å². The number of ether oxygens (including phenoxy) is 1. The SMILES string of the molecule is CN1CC2CC[C@@H](N(C)C)C(C1)[C@@H]2Oc1ccccc1Cl.Cl.Cl. The molecule has 2 bridgehead atoms. The smallest absolute Gasteiger partial charge is 0.138 e. The molecule has 0 radical (unpaired) electrons. The number of likely N-dealkylation sites (tertiary alicyclic amines) is 1. The molecule has 0 aromatic heterocycles. The summed E-state index contributed by atoms with van der Waals surface area (Å²) >= 11 is 6.28. The van der Waals surface area contributed by atoms with E-state index >= 15 is 0 Å². The number of hydrogen-bond acceptors (Lipinski definition) is 3. The number of piperidine rings is 1. The van der Waals surface area contributed by atoms with Crippen LogP contribution in [0.1, 0.15) is 12.8 Å². The average molecular weight is 382 g/mol. The van der Waals surface area contributed by atoms with Crippen molar-refractivity contribution in [2.75, 3.05) is 34.2 Å². The number of rotatable bonds is 3. The third kappa shape index (κ3) is 4.46. The molecule has 0 amide bonds. The van der Waals surface area contributed by atoms with Crippen molar-refractivity contribution in [3.8, 4) is 5.75 Å². The van der Waals surface area contributed by atoms with Crippen molar-refractivity contribution in [2.45, 2.75) is 25.0 Å². The molecular formula is C17H27Cl3N2O. The van der Waals surface area contributed by atoms with Crippen molar-refractivity contribution in [1.29, 1.82) is 0 Å². The molecule has 1 saturated heterocycles. The van der Waals surface area contributed by atoms with Gasteiger partial charge in [0.2, 0.25) is 0 Å². The Hall–Kier alpha value is -0.190. The molecule has 4 atom stereocenters. The van der Waals surface area contributed by atoms with Crippen LogP contribution in [0.2, 0.25) is 5.02 Å². The Bertz CT molecular complexity index is 500. The summed E-state index contributed by atoms with van der Waals surface area (Å²) in [6.45, 7) is 2.24. The minimum absolute atomic E-state index is 0. The van der Waals surface area contributed by atoms with Crippen molar-refractivity contribution in [3.63, 3.8) is 0 Å². The van der Waals surface area contributed by atoms with E-state index in [1.807, 2.05) is 24.3 Å². The van der Waals surface area contributed by atoms with Crippen LogP contribution in [-0.2, 0) is 0 Å². The highest BCUT2D eigenvalue weighted by molar-refractivity contribution is 6.32. The van der Waals surface area contributed by atoms with Gasteiger partial charge in [0, 0.05) is 31.0 Å². The number of nitrogens with zero attached hydrogens (tertiary/aromatic N) is 2. The highest BCUT2D eigenvalue weighted by Crippen LogP contribution is 2.39. The van der Waals surface area contributed by atoms with Gasteiger partial charge in [-0.05, 0) is 46.1 Å². The van der Waals surface area contributed by atoms with Gasteiger partial charge in [-0.25, -0.2) is 0 Å². The van der Waals surface area contributed by atoms with E-state index in [4.69, 9.17) is 16.3 Å². The third-order valence-corrected chi connectivity index (χ3v) is 5.36. The normalized spacial score (nSPS) is 30.3. The number of halogens is 3. The Morgan fingerprint density at radius 2 is 1.83 bits per heavy atom. The molecular weight excluding hydrogens is 355 g/mol. The van der Waals surface area contributed by atoms with Crippen LogP contribution in [0.5, 0.6) is 5.75 Å². The molecule has 1 aliphatic heterocycles. The van der Waals surface area contributed by atoms with Gasteiger partial charge >= 0.3 is 0 Å². The fraction of sp³-hybridized carbons (Fsp3) is 0.647. The van der Waals surface area contributed by atoms with E-state index in [2.05, 4.69) is 30.9 Å².